The van der Waals surface area contributed by atoms with Crippen LogP contribution in [0.3, 0.4) is 0 Å². The Hall–Kier alpha value is -3.31. The molecule has 2 N–H and O–H groups in total. The number of hydrogen-bond donors (Lipinski definition) is 2. The van der Waals surface area contributed by atoms with Crippen LogP contribution in [-0.2, 0) is 29.8 Å². The number of amides is 4. The number of carbonyl (C=O) groups is 3. The van der Waals surface area contributed by atoms with E-state index in [1.807, 2.05) is 5.32 Å². The van der Waals surface area contributed by atoms with E-state index in [-0.39, 0.29) is 27.9 Å². The first kappa shape index (κ1) is 24.0. The van der Waals surface area contributed by atoms with Crippen LogP contribution < -0.4 is 19.5 Å². The third-order valence-corrected chi connectivity index (χ3v) is 6.94. The van der Waals surface area contributed by atoms with Gasteiger partial charge in [0.2, 0.25) is 27.7 Å². The molecule has 1 aliphatic rings. The van der Waals surface area contributed by atoms with Gasteiger partial charge in [-0.3, -0.25) is 14.9 Å². The summed E-state index contributed by atoms with van der Waals surface area (Å²) >= 11 is 0. The molecule has 0 saturated carbocycles. The summed E-state index contributed by atoms with van der Waals surface area (Å²) in [4.78, 5) is 44.2. The van der Waals surface area contributed by atoms with Crippen molar-refractivity contribution in [2.75, 3.05) is 25.8 Å². The van der Waals surface area contributed by atoms with E-state index in [4.69, 9.17) is 9.47 Å². The third kappa shape index (κ3) is 4.89. The van der Waals surface area contributed by atoms with E-state index in [1.54, 1.807) is 0 Å². The second kappa shape index (κ2) is 8.44. The zero-order chi connectivity index (χ0) is 23.7. The molecule has 0 bridgehead atoms. The SMILES string of the molecule is COc1cc(OC)nc(NC(=O)NS(=O)(=O)N(N2C(=O)C(C)=C(C)C2=O)S(C)(=O)=O)n1. The minimum atomic E-state index is -5.30. The number of carbonyl (C=O) groups excluding carboxylic acids is 3. The number of sulfonamides is 1. The minimum absolute atomic E-state index is 0.0342. The Labute approximate surface area is 177 Å². The van der Waals surface area contributed by atoms with Crippen molar-refractivity contribution in [1.82, 2.24) is 23.5 Å². The van der Waals surface area contributed by atoms with Gasteiger partial charge in [-0.15, -0.1) is 0 Å². The van der Waals surface area contributed by atoms with Crippen molar-refractivity contribution >= 4 is 44.0 Å². The van der Waals surface area contributed by atoms with Crippen LogP contribution in [0.4, 0.5) is 10.7 Å². The molecule has 170 valence electrons. The maximum atomic E-state index is 12.6. The molecule has 0 atom stereocenters. The van der Waals surface area contributed by atoms with Crippen molar-refractivity contribution < 1.29 is 40.7 Å². The number of nitrogens with one attached hydrogen (secondary N) is 2. The topological polar surface area (TPSA) is 194 Å². The molecule has 31 heavy (non-hydrogen) atoms. The third-order valence-electron chi connectivity index (χ3n) is 3.79. The lowest BCUT2D eigenvalue weighted by molar-refractivity contribution is -0.144. The van der Waals surface area contributed by atoms with Gasteiger partial charge in [-0.05, 0) is 13.8 Å². The molecular weight excluding hydrogens is 460 g/mol. The first-order valence-corrected chi connectivity index (χ1v) is 11.4. The lowest BCUT2D eigenvalue weighted by atomic mass is 10.2. The maximum absolute atomic E-state index is 12.6. The van der Waals surface area contributed by atoms with Crippen LogP contribution in [0, 0.1) is 0 Å². The van der Waals surface area contributed by atoms with Crippen molar-refractivity contribution in [2.45, 2.75) is 13.8 Å². The van der Waals surface area contributed by atoms with E-state index >= 15 is 0 Å². The first-order chi connectivity index (χ1) is 14.2. The summed E-state index contributed by atoms with van der Waals surface area (Å²) in [7, 11) is -7.54. The number of anilines is 1. The fourth-order valence-corrected chi connectivity index (χ4v) is 4.97. The predicted octanol–water partition coefficient (Wildman–Crippen LogP) is -1.26. The number of hydrogen-bond acceptors (Lipinski definition) is 11. The van der Waals surface area contributed by atoms with Gasteiger partial charge in [-0.2, -0.15) is 23.4 Å². The average Bonchev–Trinajstić information content (AvgIpc) is 2.83. The Bertz CT molecular complexity index is 1150. The van der Waals surface area contributed by atoms with E-state index in [2.05, 4.69) is 9.97 Å². The monoisotopic (exact) mass is 478 g/mol. The van der Waals surface area contributed by atoms with Crippen molar-refractivity contribution in [3.8, 4) is 11.8 Å². The van der Waals surface area contributed by atoms with Crippen LogP contribution in [0.15, 0.2) is 17.2 Å². The zero-order valence-electron chi connectivity index (χ0n) is 16.9. The smallest absolute Gasteiger partial charge is 0.336 e. The Balaban J connectivity index is 2.35. The van der Waals surface area contributed by atoms with Gasteiger partial charge in [0, 0.05) is 15.0 Å². The first-order valence-electron chi connectivity index (χ1n) is 8.10. The van der Waals surface area contributed by atoms with E-state index in [0.29, 0.717) is 6.26 Å². The van der Waals surface area contributed by atoms with Gasteiger partial charge in [-0.1, -0.05) is 0 Å². The van der Waals surface area contributed by atoms with Crippen LogP contribution >= 0.6 is 0 Å². The maximum Gasteiger partial charge on any atom is 0.336 e. The number of nitrogens with zero attached hydrogens (tertiary/aromatic N) is 4. The lowest BCUT2D eigenvalue weighted by Gasteiger charge is -2.26. The Morgan fingerprint density at radius 1 is 1.00 bits per heavy atom. The second-order valence-electron chi connectivity index (χ2n) is 5.95. The largest absolute Gasteiger partial charge is 0.481 e. The van der Waals surface area contributed by atoms with Gasteiger partial charge < -0.3 is 9.47 Å². The summed E-state index contributed by atoms with van der Waals surface area (Å²) in [6.45, 7) is 2.44. The molecule has 4 amide bonds. The highest BCUT2D eigenvalue weighted by Crippen LogP contribution is 2.25. The fourth-order valence-electron chi connectivity index (χ4n) is 2.27. The molecule has 0 spiro atoms. The highest BCUT2D eigenvalue weighted by Gasteiger charge is 2.48. The van der Waals surface area contributed by atoms with Gasteiger partial charge in [0.15, 0.2) is 0 Å². The van der Waals surface area contributed by atoms with Crippen molar-refractivity contribution in [3.63, 3.8) is 0 Å². The van der Waals surface area contributed by atoms with Gasteiger partial charge in [-0.25, -0.2) is 17.9 Å². The number of aromatic nitrogens is 2. The van der Waals surface area contributed by atoms with Gasteiger partial charge in [0.25, 0.3) is 11.8 Å². The fraction of sp³-hybridized carbons (Fsp3) is 0.357. The molecule has 17 heteroatoms. The second-order valence-corrected chi connectivity index (χ2v) is 9.49. The molecule has 0 aromatic carbocycles. The number of imide groups is 1. The zero-order valence-corrected chi connectivity index (χ0v) is 18.5. The number of hydrazine groups is 1. The van der Waals surface area contributed by atoms with Crippen LogP contribution in [0.1, 0.15) is 13.8 Å². The van der Waals surface area contributed by atoms with E-state index in [0.717, 1.165) is 0 Å². The summed E-state index contributed by atoms with van der Waals surface area (Å²) < 4.78 is 60.2. The molecule has 1 aromatic heterocycles. The van der Waals surface area contributed by atoms with Gasteiger partial charge in [0.1, 0.15) is 0 Å². The molecular formula is C14H18N6O9S2. The summed E-state index contributed by atoms with van der Waals surface area (Å²) in [5, 5.41) is 1.86. The molecule has 0 aliphatic carbocycles. The molecule has 1 aromatic rings. The molecule has 2 heterocycles. The highest BCUT2D eigenvalue weighted by atomic mass is 32.3. The summed E-state index contributed by atoms with van der Waals surface area (Å²) in [5.74, 6) is -2.88. The summed E-state index contributed by atoms with van der Waals surface area (Å²) in [5.41, 5.74) is -0.314. The van der Waals surface area contributed by atoms with E-state index in [1.165, 1.54) is 38.9 Å². The number of ether oxygens (including phenoxy) is 2. The Kier molecular flexibility index (Phi) is 6.52. The summed E-state index contributed by atoms with van der Waals surface area (Å²) in [6.07, 6.45) is 0.434. The average molecular weight is 478 g/mol. The van der Waals surface area contributed by atoms with Crippen molar-refractivity contribution in [1.29, 1.82) is 0 Å². The quantitative estimate of drug-likeness (QED) is 0.444. The van der Waals surface area contributed by atoms with Gasteiger partial charge in [0.05, 0.1) is 26.5 Å². The normalized spacial score (nSPS) is 14.8. The number of rotatable bonds is 7. The molecule has 0 radical (unpaired) electrons. The van der Waals surface area contributed by atoms with Crippen LogP contribution in [0.25, 0.3) is 0 Å². The van der Waals surface area contributed by atoms with Crippen molar-refractivity contribution in [2.24, 2.45) is 0 Å². The number of urea groups is 1. The molecule has 0 fully saturated rings. The molecule has 1 aliphatic heterocycles. The standard InChI is InChI=1S/C14H18N6O9S2/c1-7-8(2)12(22)19(11(7)21)20(30(5,24)25)31(26,27)18-14(23)17-13-15-9(28-3)6-10(16-13)29-4/h6H,1-5H3,(H2,15,16,17,18,23). The Morgan fingerprint density at radius 3 is 1.84 bits per heavy atom. The minimum Gasteiger partial charge on any atom is -0.481 e. The van der Waals surface area contributed by atoms with Crippen LogP contribution in [0.2, 0.25) is 0 Å². The molecule has 15 nitrogen and oxygen atoms in total. The van der Waals surface area contributed by atoms with E-state index < -0.39 is 47.8 Å². The molecule has 0 saturated heterocycles. The van der Waals surface area contributed by atoms with Crippen molar-refractivity contribution in [3.05, 3.63) is 17.2 Å². The lowest BCUT2D eigenvalue weighted by Crippen LogP contribution is -2.57. The summed E-state index contributed by atoms with van der Waals surface area (Å²) in [6, 6.07) is -0.225. The molecule has 0 unspecified atom stereocenters. The van der Waals surface area contributed by atoms with Gasteiger partial charge >= 0.3 is 16.2 Å². The highest BCUT2D eigenvalue weighted by molar-refractivity contribution is 8.03. The van der Waals surface area contributed by atoms with E-state index in [9.17, 15) is 31.2 Å². The van der Waals surface area contributed by atoms with Crippen LogP contribution in [-0.4, -0.2) is 74.0 Å². The molecule has 2 rings (SSSR count). The number of methoxy groups -OCH3 is 2. The Morgan fingerprint density at radius 2 is 1.45 bits per heavy atom. The van der Waals surface area contributed by atoms with Crippen LogP contribution in [0.5, 0.6) is 11.8 Å². The predicted molar refractivity (Wildman–Crippen MR) is 103 cm³/mol.